The molecule has 3 rings (SSSR count). The first-order valence-electron chi connectivity index (χ1n) is 11.7. The van der Waals surface area contributed by atoms with Crippen LogP contribution >= 0.6 is 0 Å². The lowest BCUT2D eigenvalue weighted by atomic mass is 10.0. The Morgan fingerprint density at radius 2 is 1.88 bits per heavy atom. The van der Waals surface area contributed by atoms with Crippen molar-refractivity contribution >= 4 is 17.7 Å². The van der Waals surface area contributed by atoms with E-state index in [4.69, 9.17) is 13.9 Å². The minimum absolute atomic E-state index is 0.0933. The lowest BCUT2D eigenvalue weighted by Gasteiger charge is -2.32. The summed E-state index contributed by atoms with van der Waals surface area (Å²) in [5.74, 6) is -0.367. The Morgan fingerprint density at radius 3 is 2.50 bits per heavy atom. The third kappa shape index (κ3) is 6.84. The average molecular weight is 472 g/mol. The highest BCUT2D eigenvalue weighted by atomic mass is 16.5. The van der Waals surface area contributed by atoms with Gasteiger partial charge in [0.05, 0.1) is 26.0 Å². The molecule has 1 aromatic heterocycles. The number of furan rings is 1. The molecule has 2 N–H and O–H groups in total. The molecule has 1 fully saturated rings. The normalized spacial score (nSPS) is 14.4. The van der Waals surface area contributed by atoms with E-state index in [2.05, 4.69) is 10.6 Å². The second-order valence-corrected chi connectivity index (χ2v) is 8.13. The molecule has 1 aliphatic carbocycles. The van der Waals surface area contributed by atoms with Crippen LogP contribution in [0.1, 0.15) is 54.8 Å². The molecule has 184 valence electrons. The maximum absolute atomic E-state index is 13.5. The Labute approximate surface area is 199 Å². The molecule has 1 aromatic carbocycles. The third-order valence-corrected chi connectivity index (χ3v) is 5.77. The second kappa shape index (κ2) is 12.8. The van der Waals surface area contributed by atoms with E-state index in [9.17, 15) is 14.4 Å². The molecule has 2 aromatic rings. The van der Waals surface area contributed by atoms with Gasteiger partial charge < -0.3 is 29.4 Å². The molecule has 1 aliphatic rings. The van der Waals surface area contributed by atoms with Gasteiger partial charge in [0.2, 0.25) is 11.8 Å². The van der Waals surface area contributed by atoms with Crippen molar-refractivity contribution in [3.63, 3.8) is 0 Å². The van der Waals surface area contributed by atoms with Crippen molar-refractivity contribution in [2.75, 3.05) is 33.4 Å². The van der Waals surface area contributed by atoms with Crippen LogP contribution in [0.5, 0.6) is 5.75 Å². The zero-order chi connectivity index (χ0) is 24.3. The smallest absolute Gasteiger partial charge is 0.287 e. The molecule has 34 heavy (non-hydrogen) atoms. The summed E-state index contributed by atoms with van der Waals surface area (Å²) < 4.78 is 15.8. The topological polar surface area (TPSA) is 110 Å². The summed E-state index contributed by atoms with van der Waals surface area (Å²) in [5, 5.41) is 5.68. The fourth-order valence-corrected chi connectivity index (χ4v) is 4.08. The first-order valence-corrected chi connectivity index (χ1v) is 11.7. The molecular weight excluding hydrogens is 438 g/mol. The van der Waals surface area contributed by atoms with Crippen LogP contribution < -0.4 is 15.4 Å². The molecule has 3 amide bonds. The number of ether oxygens (including phenoxy) is 2. The van der Waals surface area contributed by atoms with Gasteiger partial charge in [-0.1, -0.05) is 25.0 Å². The molecule has 1 atom stereocenters. The van der Waals surface area contributed by atoms with Gasteiger partial charge in [0.15, 0.2) is 5.76 Å². The predicted molar refractivity (Wildman–Crippen MR) is 125 cm³/mol. The van der Waals surface area contributed by atoms with Crippen LogP contribution in [-0.4, -0.2) is 62.1 Å². The molecular formula is C25H33N3O6. The highest BCUT2D eigenvalue weighted by Crippen LogP contribution is 2.26. The number of amides is 3. The van der Waals surface area contributed by atoms with Crippen LogP contribution in [-0.2, 0) is 14.3 Å². The zero-order valence-corrected chi connectivity index (χ0v) is 19.7. The standard InChI is InChI=1S/C25H33N3O6/c1-3-33-20-12-10-18(11-13-20)23(25(31)27-19-7-4-5-8-19)28(14-16-32-2)22(29)17-26-24(30)21-9-6-15-34-21/h6,9-13,15,19,23H,3-5,7-8,14,16-17H2,1-2H3,(H,26,30)(H,27,31)/t23-/m0/s1. The highest BCUT2D eigenvalue weighted by molar-refractivity contribution is 5.95. The van der Waals surface area contributed by atoms with Gasteiger partial charge in [-0.25, -0.2) is 0 Å². The van der Waals surface area contributed by atoms with E-state index in [1.807, 2.05) is 6.92 Å². The van der Waals surface area contributed by atoms with Crippen molar-refractivity contribution in [1.29, 1.82) is 0 Å². The first kappa shape index (κ1) is 25.3. The molecule has 1 heterocycles. The number of hydrogen-bond acceptors (Lipinski definition) is 6. The monoisotopic (exact) mass is 471 g/mol. The minimum atomic E-state index is -0.876. The van der Waals surface area contributed by atoms with Gasteiger partial charge in [0.25, 0.3) is 5.91 Å². The number of rotatable bonds is 12. The highest BCUT2D eigenvalue weighted by Gasteiger charge is 2.33. The molecule has 0 saturated heterocycles. The fraction of sp³-hybridized carbons (Fsp3) is 0.480. The number of benzene rings is 1. The minimum Gasteiger partial charge on any atom is -0.494 e. The van der Waals surface area contributed by atoms with Crippen LogP contribution in [0, 0.1) is 0 Å². The number of nitrogens with zero attached hydrogens (tertiary/aromatic N) is 1. The molecule has 9 heteroatoms. The van der Waals surface area contributed by atoms with Crippen LogP contribution in [0.15, 0.2) is 47.1 Å². The van der Waals surface area contributed by atoms with Gasteiger partial charge in [-0.2, -0.15) is 0 Å². The van der Waals surface area contributed by atoms with Crippen molar-refractivity contribution in [1.82, 2.24) is 15.5 Å². The summed E-state index contributed by atoms with van der Waals surface area (Å²) >= 11 is 0. The summed E-state index contributed by atoms with van der Waals surface area (Å²) in [5.41, 5.74) is 0.653. The SMILES string of the molecule is CCOc1ccc([C@@H](C(=O)NC2CCCC2)N(CCOC)C(=O)CNC(=O)c2ccco2)cc1. The Hall–Kier alpha value is -3.33. The number of nitrogens with one attached hydrogen (secondary N) is 2. The third-order valence-electron chi connectivity index (χ3n) is 5.77. The average Bonchev–Trinajstić information content (AvgIpc) is 3.55. The molecule has 0 aliphatic heterocycles. The first-order chi connectivity index (χ1) is 16.5. The van der Waals surface area contributed by atoms with Crippen LogP contribution in [0.25, 0.3) is 0 Å². The molecule has 0 unspecified atom stereocenters. The van der Waals surface area contributed by atoms with Crippen molar-refractivity contribution in [3.05, 3.63) is 54.0 Å². The summed E-state index contributed by atoms with van der Waals surface area (Å²) in [4.78, 5) is 40.4. The Balaban J connectivity index is 1.82. The second-order valence-electron chi connectivity index (χ2n) is 8.13. The quantitative estimate of drug-likeness (QED) is 0.493. The van der Waals surface area contributed by atoms with Gasteiger partial charge in [0, 0.05) is 19.7 Å². The predicted octanol–water partition coefficient (Wildman–Crippen LogP) is 2.68. The van der Waals surface area contributed by atoms with Crippen molar-refractivity contribution < 1.29 is 28.3 Å². The van der Waals surface area contributed by atoms with E-state index < -0.39 is 17.9 Å². The van der Waals surface area contributed by atoms with Crippen molar-refractivity contribution in [2.45, 2.75) is 44.7 Å². The van der Waals surface area contributed by atoms with E-state index in [1.165, 1.54) is 24.3 Å². The van der Waals surface area contributed by atoms with Gasteiger partial charge in [-0.3, -0.25) is 14.4 Å². The maximum atomic E-state index is 13.5. The number of hydrogen-bond donors (Lipinski definition) is 2. The van der Waals surface area contributed by atoms with Gasteiger partial charge >= 0.3 is 0 Å². The van der Waals surface area contributed by atoms with Gasteiger partial charge in [0.1, 0.15) is 11.8 Å². The van der Waals surface area contributed by atoms with Gasteiger partial charge in [-0.05, 0) is 49.6 Å². The van der Waals surface area contributed by atoms with E-state index in [-0.39, 0.29) is 37.4 Å². The molecule has 0 bridgehead atoms. The molecule has 0 radical (unpaired) electrons. The molecule has 0 spiro atoms. The Morgan fingerprint density at radius 1 is 1.15 bits per heavy atom. The largest absolute Gasteiger partial charge is 0.494 e. The summed E-state index contributed by atoms with van der Waals surface area (Å²) in [6.45, 7) is 2.56. The van der Waals surface area contributed by atoms with Crippen LogP contribution in [0.4, 0.5) is 0 Å². The van der Waals surface area contributed by atoms with Crippen molar-refractivity contribution in [3.8, 4) is 5.75 Å². The maximum Gasteiger partial charge on any atom is 0.287 e. The van der Waals surface area contributed by atoms with Crippen LogP contribution in [0.3, 0.4) is 0 Å². The molecule has 1 saturated carbocycles. The lowest BCUT2D eigenvalue weighted by Crippen LogP contribution is -2.49. The van der Waals surface area contributed by atoms with Gasteiger partial charge in [-0.15, -0.1) is 0 Å². The number of carbonyl (C=O) groups is 3. The van der Waals surface area contributed by atoms with E-state index >= 15 is 0 Å². The summed E-state index contributed by atoms with van der Waals surface area (Å²) in [6, 6.07) is 9.47. The Kier molecular flexibility index (Phi) is 9.51. The molecule has 9 nitrogen and oxygen atoms in total. The fourth-order valence-electron chi connectivity index (χ4n) is 4.08. The lowest BCUT2D eigenvalue weighted by molar-refractivity contribution is -0.141. The van der Waals surface area contributed by atoms with E-state index in [1.54, 1.807) is 30.3 Å². The number of carbonyl (C=O) groups excluding carboxylic acids is 3. The van der Waals surface area contributed by atoms with Crippen molar-refractivity contribution in [2.24, 2.45) is 0 Å². The zero-order valence-electron chi connectivity index (χ0n) is 19.7. The number of methoxy groups -OCH3 is 1. The van der Waals surface area contributed by atoms with E-state index in [0.717, 1.165) is 25.7 Å². The summed E-state index contributed by atoms with van der Waals surface area (Å²) in [6.07, 6.45) is 5.38. The van der Waals surface area contributed by atoms with E-state index in [0.29, 0.717) is 17.9 Å². The Bertz CT molecular complexity index is 923. The summed E-state index contributed by atoms with van der Waals surface area (Å²) in [7, 11) is 1.53. The van der Waals surface area contributed by atoms with Crippen LogP contribution in [0.2, 0.25) is 0 Å².